The number of carbonyl (C=O) groups is 1. The lowest BCUT2D eigenvalue weighted by Crippen LogP contribution is -2.22. The van der Waals surface area contributed by atoms with Gasteiger partial charge in [-0.1, -0.05) is 19.9 Å². The van der Waals surface area contributed by atoms with E-state index in [0.717, 1.165) is 12.0 Å². The van der Waals surface area contributed by atoms with Gasteiger partial charge in [-0.05, 0) is 29.5 Å². The molecule has 0 aliphatic carbocycles. The first-order valence-electron chi connectivity index (χ1n) is 9.38. The van der Waals surface area contributed by atoms with Gasteiger partial charge in [0.1, 0.15) is 12.1 Å². The van der Waals surface area contributed by atoms with Gasteiger partial charge in [-0.25, -0.2) is 4.98 Å². The third-order valence-electron chi connectivity index (χ3n) is 5.02. The van der Waals surface area contributed by atoms with Crippen LogP contribution in [0.15, 0.2) is 34.9 Å². The first-order valence-corrected chi connectivity index (χ1v) is 9.38. The Morgan fingerprint density at radius 1 is 1.23 bits per heavy atom. The molecule has 1 amide bonds. The molecule has 7 nitrogen and oxygen atoms in total. The molecule has 0 fully saturated rings. The SMILES string of the molecule is CC1(C)CCC(=O)Nc2cc(Nc3nc(NCC(F)(F)F)c4occc4n3)ccc21. The van der Waals surface area contributed by atoms with Gasteiger partial charge in [-0.3, -0.25) is 4.79 Å². The van der Waals surface area contributed by atoms with Gasteiger partial charge in [0.05, 0.1) is 6.26 Å². The molecule has 0 saturated carbocycles. The largest absolute Gasteiger partial charge is 0.459 e. The third-order valence-corrected chi connectivity index (χ3v) is 5.02. The number of nitrogens with zero attached hydrogens (tertiary/aromatic N) is 2. The molecule has 0 bridgehead atoms. The van der Waals surface area contributed by atoms with Gasteiger partial charge in [0.15, 0.2) is 11.4 Å². The minimum atomic E-state index is -4.40. The maximum atomic E-state index is 12.6. The number of hydrogen-bond donors (Lipinski definition) is 3. The van der Waals surface area contributed by atoms with Crippen LogP contribution < -0.4 is 16.0 Å². The van der Waals surface area contributed by atoms with Crippen molar-refractivity contribution in [3.8, 4) is 0 Å². The zero-order valence-electron chi connectivity index (χ0n) is 16.4. The second-order valence-corrected chi connectivity index (χ2v) is 7.82. The molecule has 0 spiro atoms. The van der Waals surface area contributed by atoms with Gasteiger partial charge in [0.2, 0.25) is 11.9 Å². The molecule has 3 N–H and O–H groups in total. The van der Waals surface area contributed by atoms with E-state index in [9.17, 15) is 18.0 Å². The highest BCUT2D eigenvalue weighted by atomic mass is 19.4. The maximum absolute atomic E-state index is 12.6. The fraction of sp³-hybridized carbons (Fsp3) is 0.350. The normalized spacial score (nSPS) is 16.0. The lowest BCUT2D eigenvalue weighted by Gasteiger charge is -2.24. The van der Waals surface area contributed by atoms with Crippen LogP contribution in [-0.2, 0) is 10.2 Å². The molecule has 2 aromatic heterocycles. The van der Waals surface area contributed by atoms with E-state index in [2.05, 4.69) is 39.8 Å². The number of alkyl halides is 3. The molecule has 3 heterocycles. The number of furan rings is 1. The second-order valence-electron chi connectivity index (χ2n) is 7.82. The van der Waals surface area contributed by atoms with Crippen molar-refractivity contribution in [2.45, 2.75) is 38.3 Å². The zero-order valence-corrected chi connectivity index (χ0v) is 16.4. The van der Waals surface area contributed by atoms with Gasteiger partial charge in [-0.2, -0.15) is 18.2 Å². The number of amides is 1. The van der Waals surface area contributed by atoms with E-state index in [1.54, 1.807) is 12.1 Å². The van der Waals surface area contributed by atoms with Gasteiger partial charge < -0.3 is 20.4 Å². The van der Waals surface area contributed by atoms with E-state index in [-0.39, 0.29) is 28.7 Å². The molecule has 30 heavy (non-hydrogen) atoms. The molecule has 4 rings (SSSR count). The highest BCUT2D eigenvalue weighted by Crippen LogP contribution is 2.38. The van der Waals surface area contributed by atoms with E-state index in [1.165, 1.54) is 6.26 Å². The molecule has 1 aliphatic rings. The van der Waals surface area contributed by atoms with Crippen molar-refractivity contribution in [1.29, 1.82) is 0 Å². The number of carbonyl (C=O) groups excluding carboxylic acids is 1. The highest BCUT2D eigenvalue weighted by Gasteiger charge is 2.29. The molecule has 0 saturated heterocycles. The van der Waals surface area contributed by atoms with Crippen molar-refractivity contribution in [2.24, 2.45) is 0 Å². The summed E-state index contributed by atoms with van der Waals surface area (Å²) in [7, 11) is 0. The molecular formula is C20H20F3N5O2. The Labute approximate surface area is 170 Å². The number of halogens is 3. The first kappa shape index (κ1) is 20.0. The summed E-state index contributed by atoms with van der Waals surface area (Å²) < 4.78 is 43.1. The zero-order chi connectivity index (χ0) is 21.5. The Hall–Kier alpha value is -3.30. The second kappa shape index (κ2) is 7.19. The van der Waals surface area contributed by atoms with E-state index in [0.29, 0.717) is 23.3 Å². The number of fused-ring (bicyclic) bond motifs is 2. The standard InChI is InChI=1S/C20H20F3N5O2/c1-19(2)7-5-15(29)26-14-9-11(3-4-12(14)19)25-18-27-13-6-8-30-16(13)17(28-18)24-10-20(21,22)23/h3-4,6,8-9H,5,7,10H2,1-2H3,(H,26,29)(H2,24,25,27,28). The average molecular weight is 419 g/mol. The Morgan fingerprint density at radius 2 is 2.03 bits per heavy atom. The first-order chi connectivity index (χ1) is 14.1. The number of nitrogens with one attached hydrogen (secondary N) is 3. The van der Waals surface area contributed by atoms with Crippen LogP contribution in [0.1, 0.15) is 32.3 Å². The summed E-state index contributed by atoms with van der Waals surface area (Å²) in [6.45, 7) is 2.90. The summed E-state index contributed by atoms with van der Waals surface area (Å²) in [5.74, 6) is -0.0181. The fourth-order valence-electron chi connectivity index (χ4n) is 3.44. The lowest BCUT2D eigenvalue weighted by atomic mass is 9.80. The Morgan fingerprint density at radius 3 is 2.80 bits per heavy atom. The van der Waals surface area contributed by atoms with Crippen LogP contribution in [0.25, 0.3) is 11.1 Å². The monoisotopic (exact) mass is 419 g/mol. The molecular weight excluding hydrogens is 399 g/mol. The Kier molecular flexibility index (Phi) is 4.79. The van der Waals surface area contributed by atoms with Gasteiger partial charge in [0.25, 0.3) is 0 Å². The van der Waals surface area contributed by atoms with Gasteiger partial charge >= 0.3 is 6.18 Å². The van der Waals surface area contributed by atoms with Crippen LogP contribution in [0.3, 0.4) is 0 Å². The molecule has 0 radical (unpaired) electrons. The van der Waals surface area contributed by atoms with E-state index >= 15 is 0 Å². The highest BCUT2D eigenvalue weighted by molar-refractivity contribution is 5.93. The topological polar surface area (TPSA) is 92.1 Å². The van der Waals surface area contributed by atoms with Crippen LogP contribution in [0, 0.1) is 0 Å². The lowest BCUT2D eigenvalue weighted by molar-refractivity contribution is -0.116. The average Bonchev–Trinajstić information content (AvgIpc) is 3.08. The van der Waals surface area contributed by atoms with Crippen LogP contribution in [0.5, 0.6) is 0 Å². The third kappa shape index (κ3) is 4.17. The number of aromatic nitrogens is 2. The number of anilines is 4. The fourth-order valence-corrected chi connectivity index (χ4v) is 3.44. The molecule has 1 aromatic carbocycles. The van der Waals surface area contributed by atoms with Crippen molar-refractivity contribution in [2.75, 3.05) is 22.5 Å². The number of hydrogen-bond acceptors (Lipinski definition) is 6. The summed E-state index contributed by atoms with van der Waals surface area (Å²) in [5.41, 5.74) is 2.62. The molecule has 158 valence electrons. The molecule has 0 atom stereocenters. The predicted octanol–water partition coefficient (Wildman–Crippen LogP) is 4.95. The quantitative estimate of drug-likeness (QED) is 0.554. The predicted molar refractivity (Wildman–Crippen MR) is 107 cm³/mol. The van der Waals surface area contributed by atoms with Gasteiger partial charge in [-0.15, -0.1) is 0 Å². The van der Waals surface area contributed by atoms with E-state index in [4.69, 9.17) is 4.42 Å². The van der Waals surface area contributed by atoms with Crippen LogP contribution >= 0.6 is 0 Å². The number of benzene rings is 1. The molecule has 3 aromatic rings. The van der Waals surface area contributed by atoms with Crippen LogP contribution in [0.4, 0.5) is 36.3 Å². The Bertz CT molecular complexity index is 1110. The summed E-state index contributed by atoms with van der Waals surface area (Å²) >= 11 is 0. The van der Waals surface area contributed by atoms with Crippen molar-refractivity contribution < 1.29 is 22.4 Å². The molecule has 0 unspecified atom stereocenters. The van der Waals surface area contributed by atoms with E-state index in [1.807, 2.05) is 12.1 Å². The minimum absolute atomic E-state index is 0.0611. The van der Waals surface area contributed by atoms with Crippen molar-refractivity contribution in [1.82, 2.24) is 9.97 Å². The Balaban J connectivity index is 1.65. The maximum Gasteiger partial charge on any atom is 0.405 e. The van der Waals surface area contributed by atoms with Crippen LogP contribution in [0.2, 0.25) is 0 Å². The summed E-state index contributed by atoms with van der Waals surface area (Å²) in [4.78, 5) is 20.5. The van der Waals surface area contributed by atoms with Crippen LogP contribution in [-0.4, -0.2) is 28.6 Å². The minimum Gasteiger partial charge on any atom is -0.459 e. The summed E-state index contributed by atoms with van der Waals surface area (Å²) in [5, 5.41) is 8.15. The van der Waals surface area contributed by atoms with Crippen molar-refractivity contribution >= 4 is 40.1 Å². The van der Waals surface area contributed by atoms with E-state index < -0.39 is 12.7 Å². The number of rotatable bonds is 4. The smallest absolute Gasteiger partial charge is 0.405 e. The summed E-state index contributed by atoms with van der Waals surface area (Å²) in [6, 6.07) is 7.05. The molecule has 10 heteroatoms. The van der Waals surface area contributed by atoms with Crippen molar-refractivity contribution in [3.05, 3.63) is 36.1 Å². The molecule has 1 aliphatic heterocycles. The van der Waals surface area contributed by atoms with Crippen molar-refractivity contribution in [3.63, 3.8) is 0 Å². The summed E-state index contributed by atoms with van der Waals surface area (Å²) in [6.07, 6.45) is -1.91. The van der Waals surface area contributed by atoms with Gasteiger partial charge in [0, 0.05) is 23.9 Å².